The Hall–Kier alpha value is -3.03. The van der Waals surface area contributed by atoms with Gasteiger partial charge in [0.2, 0.25) is 0 Å². The SMILES string of the molecule is Nc1c(F)cccc1C(=O)Nc1ccc(F)cc1[N+](=O)[O-]. The second-order valence-corrected chi connectivity index (χ2v) is 4.07. The third-order valence-corrected chi connectivity index (χ3v) is 2.70. The highest BCUT2D eigenvalue weighted by atomic mass is 19.1. The Morgan fingerprint density at radius 1 is 1.24 bits per heavy atom. The first kappa shape index (κ1) is 14.4. The maximum atomic E-state index is 13.3. The zero-order valence-electron chi connectivity index (χ0n) is 10.5. The first-order chi connectivity index (χ1) is 9.90. The van der Waals surface area contributed by atoms with Gasteiger partial charge in [0, 0.05) is 0 Å². The fourth-order valence-electron chi connectivity index (χ4n) is 1.69. The number of benzene rings is 2. The van der Waals surface area contributed by atoms with Crippen molar-refractivity contribution in [3.05, 3.63) is 63.7 Å². The van der Waals surface area contributed by atoms with Crippen LogP contribution in [0.1, 0.15) is 10.4 Å². The number of nitro groups is 1. The minimum Gasteiger partial charge on any atom is -0.396 e. The van der Waals surface area contributed by atoms with Crippen LogP contribution in [-0.4, -0.2) is 10.8 Å². The highest BCUT2D eigenvalue weighted by molar-refractivity contribution is 6.08. The lowest BCUT2D eigenvalue weighted by atomic mass is 10.1. The van der Waals surface area contributed by atoms with Crippen molar-refractivity contribution in [3.63, 3.8) is 0 Å². The van der Waals surface area contributed by atoms with Gasteiger partial charge in [0.15, 0.2) is 0 Å². The van der Waals surface area contributed by atoms with Crippen LogP contribution in [0.25, 0.3) is 0 Å². The van der Waals surface area contributed by atoms with Crippen molar-refractivity contribution in [3.8, 4) is 0 Å². The van der Waals surface area contributed by atoms with Crippen molar-refractivity contribution in [1.29, 1.82) is 0 Å². The lowest BCUT2D eigenvalue weighted by molar-refractivity contribution is -0.384. The molecule has 0 saturated heterocycles. The van der Waals surface area contributed by atoms with Gasteiger partial charge in [-0.25, -0.2) is 8.78 Å². The van der Waals surface area contributed by atoms with E-state index in [0.29, 0.717) is 6.07 Å². The molecule has 0 radical (unpaired) electrons. The number of amides is 1. The molecular weight excluding hydrogens is 284 g/mol. The quantitative estimate of drug-likeness (QED) is 0.516. The van der Waals surface area contributed by atoms with Crippen LogP contribution in [0, 0.1) is 21.7 Å². The van der Waals surface area contributed by atoms with Gasteiger partial charge in [-0.15, -0.1) is 0 Å². The lowest BCUT2D eigenvalue weighted by Gasteiger charge is -2.08. The van der Waals surface area contributed by atoms with E-state index in [2.05, 4.69) is 5.32 Å². The van der Waals surface area contributed by atoms with E-state index >= 15 is 0 Å². The molecule has 108 valence electrons. The molecule has 0 spiro atoms. The van der Waals surface area contributed by atoms with Gasteiger partial charge in [-0.1, -0.05) is 6.07 Å². The Morgan fingerprint density at radius 3 is 2.62 bits per heavy atom. The molecule has 2 aromatic rings. The van der Waals surface area contributed by atoms with E-state index in [1.54, 1.807) is 0 Å². The monoisotopic (exact) mass is 293 g/mol. The van der Waals surface area contributed by atoms with Crippen LogP contribution in [0.5, 0.6) is 0 Å². The van der Waals surface area contributed by atoms with Crippen molar-refractivity contribution >= 4 is 23.0 Å². The zero-order chi connectivity index (χ0) is 15.6. The first-order valence-electron chi connectivity index (χ1n) is 5.69. The Morgan fingerprint density at radius 2 is 1.95 bits per heavy atom. The van der Waals surface area contributed by atoms with Crippen molar-refractivity contribution in [1.82, 2.24) is 0 Å². The summed E-state index contributed by atoms with van der Waals surface area (Å²) in [6.45, 7) is 0. The molecule has 0 aromatic heterocycles. The number of para-hydroxylation sites is 1. The Kier molecular flexibility index (Phi) is 3.79. The average molecular weight is 293 g/mol. The van der Waals surface area contributed by atoms with Gasteiger partial charge < -0.3 is 11.1 Å². The number of nitro benzene ring substituents is 1. The van der Waals surface area contributed by atoms with Crippen LogP contribution in [0.2, 0.25) is 0 Å². The van der Waals surface area contributed by atoms with Crippen LogP contribution in [0.3, 0.4) is 0 Å². The van der Waals surface area contributed by atoms with Crippen LogP contribution >= 0.6 is 0 Å². The molecule has 6 nitrogen and oxygen atoms in total. The summed E-state index contributed by atoms with van der Waals surface area (Å²) in [4.78, 5) is 21.9. The number of nitrogen functional groups attached to an aromatic ring is 1. The maximum absolute atomic E-state index is 13.3. The van der Waals surface area contributed by atoms with E-state index in [1.165, 1.54) is 12.1 Å². The van der Waals surface area contributed by atoms with Gasteiger partial charge in [-0.05, 0) is 24.3 Å². The maximum Gasteiger partial charge on any atom is 0.295 e. The van der Waals surface area contributed by atoms with Crippen LogP contribution in [0.15, 0.2) is 36.4 Å². The van der Waals surface area contributed by atoms with E-state index in [9.17, 15) is 23.7 Å². The van der Waals surface area contributed by atoms with Gasteiger partial charge in [-0.2, -0.15) is 0 Å². The highest BCUT2D eigenvalue weighted by Crippen LogP contribution is 2.26. The molecule has 2 aromatic carbocycles. The molecule has 2 rings (SSSR count). The zero-order valence-corrected chi connectivity index (χ0v) is 10.5. The fourth-order valence-corrected chi connectivity index (χ4v) is 1.69. The third-order valence-electron chi connectivity index (χ3n) is 2.70. The molecule has 0 bridgehead atoms. The Balaban J connectivity index is 2.36. The molecule has 0 heterocycles. The van der Waals surface area contributed by atoms with Crippen LogP contribution in [-0.2, 0) is 0 Å². The van der Waals surface area contributed by atoms with Crippen LogP contribution in [0.4, 0.5) is 25.8 Å². The number of rotatable bonds is 3. The Bertz CT molecular complexity index is 735. The molecule has 0 fully saturated rings. The number of hydrogen-bond acceptors (Lipinski definition) is 4. The van der Waals surface area contributed by atoms with Gasteiger partial charge in [-0.3, -0.25) is 14.9 Å². The Labute approximate surface area is 117 Å². The molecule has 1 amide bonds. The minimum atomic E-state index is -0.840. The number of carbonyl (C=O) groups is 1. The summed E-state index contributed by atoms with van der Waals surface area (Å²) >= 11 is 0. The lowest BCUT2D eigenvalue weighted by Crippen LogP contribution is -2.15. The van der Waals surface area contributed by atoms with E-state index < -0.39 is 28.2 Å². The summed E-state index contributed by atoms with van der Waals surface area (Å²) in [5.74, 6) is -2.43. The van der Waals surface area contributed by atoms with E-state index in [4.69, 9.17) is 5.73 Å². The van der Waals surface area contributed by atoms with Crippen molar-refractivity contribution < 1.29 is 18.5 Å². The number of nitrogens with one attached hydrogen (secondary N) is 1. The van der Waals surface area contributed by atoms with Crippen molar-refractivity contribution in [2.24, 2.45) is 0 Å². The largest absolute Gasteiger partial charge is 0.396 e. The van der Waals surface area contributed by atoms with E-state index in [1.807, 2.05) is 0 Å². The van der Waals surface area contributed by atoms with Gasteiger partial charge in [0.1, 0.15) is 17.3 Å². The molecule has 3 N–H and O–H groups in total. The second-order valence-electron chi connectivity index (χ2n) is 4.07. The standard InChI is InChI=1S/C13H9F2N3O3/c14-7-4-5-10(11(6-7)18(20)21)17-13(19)8-2-1-3-9(15)12(8)16/h1-6H,16H2,(H,17,19). The summed E-state index contributed by atoms with van der Waals surface area (Å²) in [7, 11) is 0. The number of halogens is 2. The minimum absolute atomic E-state index is 0.173. The summed E-state index contributed by atoms with van der Waals surface area (Å²) in [6, 6.07) is 6.29. The summed E-state index contributed by atoms with van der Waals surface area (Å²) in [6.07, 6.45) is 0. The summed E-state index contributed by atoms with van der Waals surface area (Å²) < 4.78 is 26.3. The summed E-state index contributed by atoms with van der Waals surface area (Å²) in [5.41, 5.74) is 4.06. The topological polar surface area (TPSA) is 98.3 Å². The molecule has 0 saturated carbocycles. The number of hydrogen-bond donors (Lipinski definition) is 2. The molecular formula is C13H9F2N3O3. The molecule has 0 aliphatic rings. The highest BCUT2D eigenvalue weighted by Gasteiger charge is 2.19. The smallest absolute Gasteiger partial charge is 0.295 e. The van der Waals surface area contributed by atoms with Gasteiger partial charge in [0.05, 0.1) is 22.2 Å². The third kappa shape index (κ3) is 2.94. The number of carbonyl (C=O) groups excluding carboxylic acids is 1. The normalized spacial score (nSPS) is 10.2. The van der Waals surface area contributed by atoms with Crippen molar-refractivity contribution in [2.75, 3.05) is 11.1 Å². The number of nitrogens with two attached hydrogens (primary N) is 1. The van der Waals surface area contributed by atoms with Crippen LogP contribution < -0.4 is 11.1 Å². The molecule has 0 unspecified atom stereocenters. The second kappa shape index (κ2) is 5.53. The average Bonchev–Trinajstić information content (AvgIpc) is 2.43. The number of nitrogens with zero attached hydrogens (tertiary/aromatic N) is 1. The molecule has 0 atom stereocenters. The van der Waals surface area contributed by atoms with Gasteiger partial charge >= 0.3 is 0 Å². The van der Waals surface area contributed by atoms with Gasteiger partial charge in [0.25, 0.3) is 11.6 Å². The van der Waals surface area contributed by atoms with E-state index in [0.717, 1.165) is 18.2 Å². The fraction of sp³-hybridized carbons (Fsp3) is 0. The van der Waals surface area contributed by atoms with Crippen molar-refractivity contribution in [2.45, 2.75) is 0 Å². The predicted molar refractivity (Wildman–Crippen MR) is 71.8 cm³/mol. The molecule has 8 heteroatoms. The number of anilines is 2. The first-order valence-corrected chi connectivity index (χ1v) is 5.69. The van der Waals surface area contributed by atoms with E-state index in [-0.39, 0.29) is 16.9 Å². The predicted octanol–water partition coefficient (Wildman–Crippen LogP) is 2.71. The molecule has 0 aliphatic heterocycles. The molecule has 0 aliphatic carbocycles. The molecule has 21 heavy (non-hydrogen) atoms. The summed E-state index contributed by atoms with van der Waals surface area (Å²) in [5, 5.41) is 13.0.